The minimum atomic E-state index is -3.28. The van der Waals surface area contributed by atoms with E-state index in [0.717, 1.165) is 28.5 Å². The predicted octanol–water partition coefficient (Wildman–Crippen LogP) is 3.60. The Morgan fingerprint density at radius 2 is 1.48 bits per heavy atom. The summed E-state index contributed by atoms with van der Waals surface area (Å²) < 4.78 is 49.8. The number of aliphatic hydroxyl groups excluding tert-OH is 2. The predicted molar refractivity (Wildman–Crippen MR) is 184 cm³/mol. The van der Waals surface area contributed by atoms with Crippen LogP contribution in [0.4, 0.5) is 4.39 Å². The zero-order chi connectivity index (χ0) is 36.5. The van der Waals surface area contributed by atoms with E-state index in [4.69, 9.17) is 9.47 Å². The van der Waals surface area contributed by atoms with Crippen LogP contribution in [0.15, 0.2) is 72.8 Å². The zero-order valence-corrected chi connectivity index (χ0v) is 29.3. The summed E-state index contributed by atoms with van der Waals surface area (Å²) in [4.78, 5) is 37.0. The van der Waals surface area contributed by atoms with Gasteiger partial charge < -0.3 is 25.0 Å². The van der Waals surface area contributed by atoms with Gasteiger partial charge in [0.25, 0.3) is 0 Å². The second-order valence-electron chi connectivity index (χ2n) is 12.8. The van der Waals surface area contributed by atoms with Gasteiger partial charge in [-0.3, -0.25) is 14.4 Å². The van der Waals surface area contributed by atoms with E-state index in [1.807, 2.05) is 48.5 Å². The lowest BCUT2D eigenvalue weighted by atomic mass is 9.64. The highest BCUT2D eigenvalue weighted by atomic mass is 32.2. The molecule has 1 aliphatic heterocycles. The molecule has 1 amide bonds. The van der Waals surface area contributed by atoms with E-state index < -0.39 is 64.2 Å². The fraction of sp³-hybridized carbons (Fsp3) is 0.432. The Kier molecular flexibility index (Phi) is 12.9. The maximum atomic E-state index is 13.7. The van der Waals surface area contributed by atoms with Crippen LogP contribution in [0, 0.1) is 11.7 Å². The number of hydrogen-bond donors (Lipinski definition) is 4. The minimum Gasteiger partial charge on any atom is -0.458 e. The number of rotatable bonds is 18. The van der Waals surface area contributed by atoms with Gasteiger partial charge in [0.15, 0.2) is 5.60 Å². The molecule has 1 fully saturated rings. The van der Waals surface area contributed by atoms with Gasteiger partial charge >= 0.3 is 11.9 Å². The number of β-lactam (4-membered cyclic amide) rings is 1. The lowest BCUT2D eigenvalue weighted by molar-refractivity contribution is -0.168. The summed E-state index contributed by atoms with van der Waals surface area (Å²) in [7, 11) is -3.28. The van der Waals surface area contributed by atoms with Crippen LogP contribution in [0.1, 0.15) is 73.5 Å². The molecule has 4 N–H and O–H groups in total. The van der Waals surface area contributed by atoms with E-state index >= 15 is 0 Å². The number of nitrogens with one attached hydrogen (secondary N) is 2. The van der Waals surface area contributed by atoms with E-state index in [-0.39, 0.29) is 12.3 Å². The Balaban J connectivity index is 1.62. The highest BCUT2D eigenvalue weighted by molar-refractivity contribution is 7.88. The van der Waals surface area contributed by atoms with E-state index in [0.29, 0.717) is 44.2 Å². The number of halogens is 1. The average Bonchev–Trinajstić information content (AvgIpc) is 3.07. The Morgan fingerprint density at radius 3 is 1.96 bits per heavy atom. The quantitative estimate of drug-likeness (QED) is 0.0875. The van der Waals surface area contributed by atoms with Gasteiger partial charge in [0.05, 0.1) is 25.4 Å². The summed E-state index contributed by atoms with van der Waals surface area (Å²) in [6.07, 6.45) is 2.87. The number of esters is 2. The fourth-order valence-electron chi connectivity index (χ4n) is 6.46. The second kappa shape index (κ2) is 16.7. The number of aryl methyl sites for hydroxylation is 2. The molecular formula is C37H45FN2O9S. The normalized spacial score (nSPS) is 18.1. The second-order valence-corrected chi connectivity index (χ2v) is 14.7. The molecule has 3 atom stereocenters. The maximum absolute atomic E-state index is 13.7. The van der Waals surface area contributed by atoms with E-state index in [1.165, 1.54) is 26.0 Å². The minimum absolute atomic E-state index is 0.178. The van der Waals surface area contributed by atoms with Crippen molar-refractivity contribution in [2.75, 3.05) is 26.0 Å². The largest absolute Gasteiger partial charge is 0.458 e. The molecule has 3 aromatic carbocycles. The van der Waals surface area contributed by atoms with Crippen molar-refractivity contribution in [3.05, 3.63) is 106 Å². The number of benzene rings is 3. The summed E-state index contributed by atoms with van der Waals surface area (Å²) in [5.74, 6) is -2.26. The van der Waals surface area contributed by atoms with Crippen molar-refractivity contribution >= 4 is 27.9 Å². The summed E-state index contributed by atoms with van der Waals surface area (Å²) in [6.45, 7) is 1.76. The third kappa shape index (κ3) is 9.75. The molecule has 1 heterocycles. The van der Waals surface area contributed by atoms with Crippen LogP contribution in [0.5, 0.6) is 0 Å². The summed E-state index contributed by atoms with van der Waals surface area (Å²) in [5.41, 5.74) is 1.74. The molecular weight excluding hydrogens is 667 g/mol. The van der Waals surface area contributed by atoms with Crippen LogP contribution in [0.25, 0.3) is 0 Å². The van der Waals surface area contributed by atoms with Crippen LogP contribution in [-0.4, -0.2) is 68.1 Å². The van der Waals surface area contributed by atoms with Crippen molar-refractivity contribution in [2.24, 2.45) is 5.92 Å². The lowest BCUT2D eigenvalue weighted by Crippen LogP contribution is -2.67. The Morgan fingerprint density at radius 1 is 0.920 bits per heavy atom. The Labute approximate surface area is 292 Å². The highest BCUT2D eigenvalue weighted by Gasteiger charge is 2.55. The molecule has 1 saturated heterocycles. The molecule has 0 aromatic heterocycles. The number of sulfonamides is 1. The number of carbonyl (C=O) groups is 3. The van der Waals surface area contributed by atoms with Crippen LogP contribution in [0.2, 0.25) is 0 Å². The molecule has 270 valence electrons. The smallest absolute Gasteiger partial charge is 0.303 e. The molecule has 3 aromatic rings. The molecule has 0 spiro atoms. The monoisotopic (exact) mass is 712 g/mol. The molecule has 0 aliphatic carbocycles. The van der Waals surface area contributed by atoms with Gasteiger partial charge in [0.1, 0.15) is 17.5 Å². The van der Waals surface area contributed by atoms with Crippen LogP contribution in [0.3, 0.4) is 0 Å². The van der Waals surface area contributed by atoms with Crippen LogP contribution >= 0.6 is 0 Å². The maximum Gasteiger partial charge on any atom is 0.303 e. The molecule has 1 aliphatic rings. The first kappa shape index (κ1) is 38.6. The first-order chi connectivity index (χ1) is 23.7. The van der Waals surface area contributed by atoms with Gasteiger partial charge in [-0.15, -0.1) is 0 Å². The first-order valence-corrected chi connectivity index (χ1v) is 18.4. The highest BCUT2D eigenvalue weighted by Crippen LogP contribution is 2.47. The van der Waals surface area contributed by atoms with Gasteiger partial charge in [-0.1, -0.05) is 60.7 Å². The van der Waals surface area contributed by atoms with Crippen molar-refractivity contribution in [3.8, 4) is 0 Å². The molecule has 11 nitrogen and oxygen atoms in total. The standard InChI is InChI=1S/C37H45FN2O9S/c1-25(43)48-34(29-10-16-32(38)17-11-29)19-18-33-35(45)40-37(33,30-12-6-27(7-13-30)5-4-22-39-50(3,46)47)31-14-8-28(9-15-31)20-21-36(23-41,24-42)49-26(2)44/h6-17,33-34,39,41-42H,4-5,18-24H2,1-3H3,(H,40,45)/t33-,34-,37-/m0/s1. The topological polar surface area (TPSA) is 168 Å². The fourth-order valence-corrected chi connectivity index (χ4v) is 6.97. The molecule has 0 saturated carbocycles. The van der Waals surface area contributed by atoms with Crippen molar-refractivity contribution < 1.29 is 46.9 Å². The number of hydrogen-bond acceptors (Lipinski definition) is 9. The molecule has 0 radical (unpaired) electrons. The molecule has 0 unspecified atom stereocenters. The number of ether oxygens (including phenoxy) is 2. The van der Waals surface area contributed by atoms with Gasteiger partial charge in [-0.05, 0) is 78.5 Å². The van der Waals surface area contributed by atoms with E-state index in [9.17, 15) is 37.4 Å². The SMILES string of the molecule is CC(=O)O[C@@H](CC[C@H]1C(=O)N[C@@]1(c1ccc(CCCNS(C)(=O)=O)cc1)c1ccc(CCC(CO)(CO)OC(C)=O)cc1)c1ccc(F)cc1. The number of aliphatic hydroxyl groups is 2. The van der Waals surface area contributed by atoms with Gasteiger partial charge in [0, 0.05) is 20.4 Å². The van der Waals surface area contributed by atoms with Crippen molar-refractivity contribution in [2.45, 2.75) is 69.6 Å². The third-order valence-corrected chi connectivity index (χ3v) is 9.79. The van der Waals surface area contributed by atoms with Gasteiger partial charge in [0.2, 0.25) is 15.9 Å². The molecule has 4 rings (SSSR count). The number of amides is 1. The molecule has 50 heavy (non-hydrogen) atoms. The van der Waals surface area contributed by atoms with Crippen molar-refractivity contribution in [1.29, 1.82) is 0 Å². The molecule has 13 heteroatoms. The van der Waals surface area contributed by atoms with Crippen LogP contribution < -0.4 is 10.0 Å². The van der Waals surface area contributed by atoms with Gasteiger partial charge in [-0.2, -0.15) is 0 Å². The summed E-state index contributed by atoms with van der Waals surface area (Å²) in [6, 6.07) is 21.1. The Hall–Kier alpha value is -4.17. The zero-order valence-electron chi connectivity index (χ0n) is 28.5. The first-order valence-electron chi connectivity index (χ1n) is 16.5. The third-order valence-electron chi connectivity index (χ3n) is 9.06. The van der Waals surface area contributed by atoms with E-state index in [1.54, 1.807) is 12.1 Å². The van der Waals surface area contributed by atoms with Crippen molar-refractivity contribution in [3.63, 3.8) is 0 Å². The lowest BCUT2D eigenvalue weighted by Gasteiger charge is -2.50. The summed E-state index contributed by atoms with van der Waals surface area (Å²) >= 11 is 0. The van der Waals surface area contributed by atoms with Gasteiger partial charge in [-0.25, -0.2) is 17.5 Å². The average molecular weight is 713 g/mol. The summed E-state index contributed by atoms with van der Waals surface area (Å²) in [5, 5.41) is 22.9. The molecule has 0 bridgehead atoms. The van der Waals surface area contributed by atoms with Crippen molar-refractivity contribution in [1.82, 2.24) is 10.0 Å². The van der Waals surface area contributed by atoms with E-state index in [2.05, 4.69) is 10.0 Å². The van der Waals surface area contributed by atoms with Crippen LogP contribution in [-0.2, 0) is 52.3 Å². The Bertz CT molecular complexity index is 1730. The number of carbonyl (C=O) groups excluding carboxylic acids is 3.